The Kier molecular flexibility index (Phi) is 4.22. The second kappa shape index (κ2) is 6.40. The van der Waals surface area contributed by atoms with Crippen molar-refractivity contribution in [3.63, 3.8) is 0 Å². The van der Waals surface area contributed by atoms with Crippen LogP contribution in [-0.2, 0) is 4.74 Å². The number of hydrogen-bond acceptors (Lipinski definition) is 3. The summed E-state index contributed by atoms with van der Waals surface area (Å²) in [6, 6.07) is 11.4. The number of benzene rings is 2. The number of rotatable bonds is 2. The molecule has 0 spiro atoms. The summed E-state index contributed by atoms with van der Waals surface area (Å²) in [7, 11) is 1.40. The summed E-state index contributed by atoms with van der Waals surface area (Å²) < 4.78 is 4.95. The molecule has 0 bridgehead atoms. The summed E-state index contributed by atoms with van der Waals surface area (Å²) in [6.45, 7) is 0. The first-order valence-corrected chi connectivity index (χ1v) is 8.95. The van der Waals surface area contributed by atoms with E-state index in [1.807, 2.05) is 18.2 Å². The maximum Gasteiger partial charge on any atom is 0.339 e. The van der Waals surface area contributed by atoms with Crippen LogP contribution in [0.25, 0.3) is 0 Å². The minimum atomic E-state index is -0.347. The van der Waals surface area contributed by atoms with Gasteiger partial charge in [0.05, 0.1) is 34.4 Å². The molecule has 0 radical (unpaired) electrons. The minimum Gasteiger partial charge on any atom is -0.465 e. The van der Waals surface area contributed by atoms with E-state index in [0.29, 0.717) is 21.5 Å². The van der Waals surface area contributed by atoms with Crippen molar-refractivity contribution in [3.05, 3.63) is 75.3 Å². The first-order chi connectivity index (χ1) is 12.1. The van der Waals surface area contributed by atoms with Gasteiger partial charge in [-0.1, -0.05) is 59.6 Å². The molecular formula is C20H17Cl2NO2. The number of carbonyl (C=O) groups is 1. The minimum absolute atomic E-state index is 0.0236. The van der Waals surface area contributed by atoms with E-state index >= 15 is 0 Å². The van der Waals surface area contributed by atoms with Gasteiger partial charge in [0.2, 0.25) is 0 Å². The topological polar surface area (TPSA) is 38.3 Å². The summed E-state index contributed by atoms with van der Waals surface area (Å²) in [5, 5.41) is 4.65. The van der Waals surface area contributed by atoms with Gasteiger partial charge in [0, 0.05) is 5.92 Å². The second-order valence-electron chi connectivity index (χ2n) is 6.38. The fourth-order valence-corrected chi connectivity index (χ4v) is 4.40. The second-order valence-corrected chi connectivity index (χ2v) is 7.17. The van der Waals surface area contributed by atoms with Crippen LogP contribution in [0.15, 0.2) is 48.6 Å². The van der Waals surface area contributed by atoms with Gasteiger partial charge in [-0.05, 0) is 35.6 Å². The molecule has 0 fully saturated rings. The van der Waals surface area contributed by atoms with E-state index in [4.69, 9.17) is 27.9 Å². The standard InChI is InChI=1S/C20H17Cl2NO2/c1-25-20(24)15-9-3-7-13-11-5-2-6-12(11)18(23-19(13)15)14-8-4-10-16(21)17(14)22/h2-5,7-12,18,23H,6H2,1H3. The highest BCUT2D eigenvalue weighted by molar-refractivity contribution is 6.42. The van der Waals surface area contributed by atoms with Gasteiger partial charge >= 0.3 is 5.97 Å². The van der Waals surface area contributed by atoms with Crippen LogP contribution in [0.3, 0.4) is 0 Å². The first kappa shape index (κ1) is 16.5. The summed E-state index contributed by atoms with van der Waals surface area (Å²) >= 11 is 12.7. The fourth-order valence-electron chi connectivity index (χ4n) is 3.97. The van der Waals surface area contributed by atoms with Crippen molar-refractivity contribution in [2.75, 3.05) is 12.4 Å². The highest BCUT2D eigenvalue weighted by Gasteiger charge is 2.40. The zero-order valence-electron chi connectivity index (χ0n) is 13.6. The fraction of sp³-hybridized carbons (Fsp3) is 0.250. The smallest absolute Gasteiger partial charge is 0.339 e. The molecule has 1 aliphatic carbocycles. The van der Waals surface area contributed by atoms with E-state index in [9.17, 15) is 4.79 Å². The molecule has 0 saturated carbocycles. The van der Waals surface area contributed by atoms with Gasteiger partial charge < -0.3 is 10.1 Å². The number of ether oxygens (including phenoxy) is 1. The van der Waals surface area contributed by atoms with Crippen LogP contribution in [0, 0.1) is 5.92 Å². The van der Waals surface area contributed by atoms with Crippen LogP contribution in [0.5, 0.6) is 0 Å². The molecule has 3 unspecified atom stereocenters. The molecule has 1 heterocycles. The average Bonchev–Trinajstić information content (AvgIpc) is 3.12. The van der Waals surface area contributed by atoms with E-state index < -0.39 is 0 Å². The molecule has 3 nitrogen and oxygen atoms in total. The lowest BCUT2D eigenvalue weighted by molar-refractivity contribution is 0.0601. The maximum atomic E-state index is 12.2. The monoisotopic (exact) mass is 373 g/mol. The molecule has 0 aromatic heterocycles. The van der Waals surface area contributed by atoms with Crippen LogP contribution >= 0.6 is 23.2 Å². The Labute approximate surface area is 156 Å². The van der Waals surface area contributed by atoms with Crippen molar-refractivity contribution in [2.24, 2.45) is 5.92 Å². The Morgan fingerprint density at radius 2 is 1.92 bits per heavy atom. The number of halogens is 2. The molecule has 3 atom stereocenters. The number of para-hydroxylation sites is 1. The van der Waals surface area contributed by atoms with Crippen LogP contribution in [0.2, 0.25) is 10.0 Å². The van der Waals surface area contributed by atoms with Gasteiger partial charge in [-0.25, -0.2) is 4.79 Å². The van der Waals surface area contributed by atoms with Gasteiger partial charge in [-0.2, -0.15) is 0 Å². The molecule has 1 aliphatic heterocycles. The van der Waals surface area contributed by atoms with Crippen LogP contribution in [0.4, 0.5) is 5.69 Å². The van der Waals surface area contributed by atoms with Gasteiger partial charge in [-0.15, -0.1) is 0 Å². The molecule has 1 N–H and O–H groups in total. The highest BCUT2D eigenvalue weighted by Crippen LogP contribution is 2.52. The van der Waals surface area contributed by atoms with Gasteiger partial charge in [0.1, 0.15) is 0 Å². The zero-order valence-corrected chi connectivity index (χ0v) is 15.1. The summed E-state index contributed by atoms with van der Waals surface area (Å²) in [5.41, 5.74) is 3.44. The zero-order chi connectivity index (χ0) is 17.6. The molecule has 5 heteroatoms. The number of allylic oxidation sites excluding steroid dienone is 2. The number of fused-ring (bicyclic) bond motifs is 3. The largest absolute Gasteiger partial charge is 0.465 e. The summed E-state index contributed by atoms with van der Waals surface area (Å²) in [4.78, 5) is 12.2. The summed E-state index contributed by atoms with van der Waals surface area (Å²) in [6.07, 6.45) is 5.37. The van der Waals surface area contributed by atoms with Crippen molar-refractivity contribution in [2.45, 2.75) is 18.4 Å². The molecule has 25 heavy (non-hydrogen) atoms. The predicted octanol–water partition coefficient (Wildman–Crippen LogP) is 5.61. The van der Waals surface area contributed by atoms with E-state index in [1.165, 1.54) is 7.11 Å². The molecule has 0 amide bonds. The van der Waals surface area contributed by atoms with E-state index in [-0.39, 0.29) is 17.9 Å². The third-order valence-corrected chi connectivity index (χ3v) is 5.95. The van der Waals surface area contributed by atoms with Gasteiger partial charge in [0.25, 0.3) is 0 Å². The van der Waals surface area contributed by atoms with Crippen LogP contribution in [0.1, 0.15) is 39.9 Å². The quantitative estimate of drug-likeness (QED) is 0.549. The third-order valence-electron chi connectivity index (χ3n) is 5.12. The number of nitrogens with one attached hydrogen (secondary N) is 1. The maximum absolute atomic E-state index is 12.2. The van der Waals surface area contributed by atoms with E-state index in [2.05, 4.69) is 23.5 Å². The molecular weight excluding hydrogens is 357 g/mol. The van der Waals surface area contributed by atoms with Crippen molar-refractivity contribution in [3.8, 4) is 0 Å². The van der Waals surface area contributed by atoms with E-state index in [1.54, 1.807) is 12.1 Å². The van der Waals surface area contributed by atoms with Gasteiger partial charge in [-0.3, -0.25) is 0 Å². The SMILES string of the molecule is COC(=O)c1cccc2c1NC(c1cccc(Cl)c1Cl)C1CC=CC21. The Morgan fingerprint density at radius 3 is 2.72 bits per heavy atom. The average molecular weight is 374 g/mol. The lowest BCUT2D eigenvalue weighted by Crippen LogP contribution is -2.30. The highest BCUT2D eigenvalue weighted by atomic mass is 35.5. The van der Waals surface area contributed by atoms with E-state index in [0.717, 1.165) is 23.2 Å². The molecule has 0 saturated heterocycles. The van der Waals surface area contributed by atoms with Crippen molar-refractivity contribution in [1.29, 1.82) is 0 Å². The van der Waals surface area contributed by atoms with Crippen molar-refractivity contribution >= 4 is 34.9 Å². The molecule has 2 aromatic rings. The third kappa shape index (κ3) is 2.62. The normalized spacial score (nSPS) is 23.6. The molecule has 4 rings (SSSR count). The number of carbonyl (C=O) groups excluding carboxylic acids is 1. The lowest BCUT2D eigenvalue weighted by atomic mass is 9.76. The number of methoxy groups -OCH3 is 1. The lowest BCUT2D eigenvalue weighted by Gasteiger charge is -2.38. The Balaban J connectivity index is 1.86. The summed E-state index contributed by atoms with van der Waals surface area (Å²) in [5.74, 6) is 0.220. The van der Waals surface area contributed by atoms with Crippen molar-refractivity contribution in [1.82, 2.24) is 0 Å². The van der Waals surface area contributed by atoms with Crippen LogP contribution < -0.4 is 5.32 Å². The van der Waals surface area contributed by atoms with Crippen molar-refractivity contribution < 1.29 is 9.53 Å². The molecule has 2 aliphatic rings. The number of hydrogen-bond donors (Lipinski definition) is 1. The molecule has 2 aromatic carbocycles. The Hall–Kier alpha value is -1.97. The predicted molar refractivity (Wildman–Crippen MR) is 101 cm³/mol. The Morgan fingerprint density at radius 1 is 1.16 bits per heavy atom. The first-order valence-electron chi connectivity index (χ1n) is 8.20. The van der Waals surface area contributed by atoms with Gasteiger partial charge in [0.15, 0.2) is 0 Å². The Bertz CT molecular complexity index is 878. The number of anilines is 1. The molecule has 128 valence electrons. The van der Waals surface area contributed by atoms with Crippen LogP contribution in [-0.4, -0.2) is 13.1 Å². The number of esters is 1.